The average molecular weight is 540 g/mol. The van der Waals surface area contributed by atoms with Crippen LogP contribution in [0.2, 0.25) is 0 Å². The molecule has 0 aliphatic carbocycles. The smallest absolute Gasteiger partial charge is 0.348 e. The second-order valence-corrected chi connectivity index (χ2v) is 13.9. The minimum Gasteiger partial charge on any atom is -0.505 e. The Kier molecular flexibility index (Phi) is 7.74. The van der Waals surface area contributed by atoms with E-state index in [0.29, 0.717) is 30.3 Å². The van der Waals surface area contributed by atoms with Crippen molar-refractivity contribution < 1.29 is 22.6 Å². The van der Waals surface area contributed by atoms with E-state index in [0.717, 1.165) is 6.26 Å². The predicted octanol–water partition coefficient (Wildman–Crippen LogP) is 3.39. The van der Waals surface area contributed by atoms with Crippen molar-refractivity contribution in [3.63, 3.8) is 0 Å². The molecule has 1 aliphatic heterocycles. The normalized spacial score (nSPS) is 17.9. The van der Waals surface area contributed by atoms with E-state index < -0.39 is 28.5 Å². The number of fused-ring (bicyclic) bond motifs is 1. The molecule has 36 heavy (non-hydrogen) atoms. The Balaban J connectivity index is 2.24. The molecule has 1 unspecified atom stereocenters. The lowest BCUT2D eigenvalue weighted by Gasteiger charge is -2.27. The number of nitrogens with one attached hydrogen (secondary N) is 2. The van der Waals surface area contributed by atoms with Gasteiger partial charge >= 0.3 is 7.52 Å². The van der Waals surface area contributed by atoms with Gasteiger partial charge in [-0.3, -0.25) is 14.1 Å². The fraction of sp³-hybridized carbons (Fsp3) is 0.522. The first-order valence-corrected chi connectivity index (χ1v) is 15.1. The van der Waals surface area contributed by atoms with Gasteiger partial charge in [-0.15, -0.1) is 0 Å². The Hall–Kier alpha value is -2.69. The number of aromatic hydroxyl groups is 1. The molecule has 0 radical (unpaired) electrons. The van der Waals surface area contributed by atoms with Gasteiger partial charge in [0.25, 0.3) is 5.56 Å². The van der Waals surface area contributed by atoms with E-state index in [9.17, 15) is 22.9 Å². The third kappa shape index (κ3) is 5.99. The van der Waals surface area contributed by atoms with Gasteiger partial charge in [-0.25, -0.2) is 13.1 Å². The summed E-state index contributed by atoms with van der Waals surface area (Å²) >= 11 is 0. The summed E-state index contributed by atoms with van der Waals surface area (Å²) in [5, 5.41) is 18.7. The molecule has 11 nitrogen and oxygen atoms in total. The lowest BCUT2D eigenvalue weighted by molar-refractivity contribution is 0.341. The highest BCUT2D eigenvalue weighted by atomic mass is 32.2. The molecule has 0 bridgehead atoms. The van der Waals surface area contributed by atoms with Crippen LogP contribution in [0.4, 0.5) is 11.4 Å². The van der Waals surface area contributed by atoms with Gasteiger partial charge in [0, 0.05) is 17.6 Å². The number of rotatable bonds is 8. The van der Waals surface area contributed by atoms with E-state index in [-0.39, 0.29) is 34.7 Å². The zero-order chi connectivity index (χ0) is 27.1. The summed E-state index contributed by atoms with van der Waals surface area (Å²) in [6, 6.07) is 4.39. The predicted molar refractivity (Wildman–Crippen MR) is 142 cm³/mol. The number of amidine groups is 1. The van der Waals surface area contributed by atoms with Gasteiger partial charge in [0.15, 0.2) is 11.6 Å². The number of aromatic nitrogens is 2. The molecule has 2 heterocycles. The van der Waals surface area contributed by atoms with Crippen molar-refractivity contribution in [1.29, 1.82) is 0 Å². The van der Waals surface area contributed by atoms with Crippen LogP contribution in [0.5, 0.6) is 5.75 Å². The molecule has 0 saturated heterocycles. The van der Waals surface area contributed by atoms with Gasteiger partial charge in [-0.2, -0.15) is 9.86 Å². The summed E-state index contributed by atoms with van der Waals surface area (Å²) in [6.07, 6.45) is 1.70. The molecule has 1 aromatic heterocycles. The highest BCUT2D eigenvalue weighted by molar-refractivity contribution is 7.92. The highest BCUT2D eigenvalue weighted by Gasteiger charge is 2.37. The molecule has 0 amide bonds. The van der Waals surface area contributed by atoms with Crippen LogP contribution in [0.3, 0.4) is 0 Å². The molecule has 0 spiro atoms. The summed E-state index contributed by atoms with van der Waals surface area (Å²) in [7, 11) is -7.52. The van der Waals surface area contributed by atoms with Crippen LogP contribution in [0.1, 0.15) is 59.2 Å². The Bertz CT molecular complexity index is 1410. The maximum Gasteiger partial charge on any atom is 0.348 e. The van der Waals surface area contributed by atoms with E-state index in [1.807, 2.05) is 34.6 Å². The number of nitrogens with zero attached hydrogens (tertiary/aromatic N) is 3. The van der Waals surface area contributed by atoms with Crippen LogP contribution in [0.15, 0.2) is 27.8 Å². The Morgan fingerprint density at radius 2 is 1.94 bits per heavy atom. The molecular weight excluding hydrogens is 505 g/mol. The lowest BCUT2D eigenvalue weighted by atomic mass is 9.90. The molecule has 3 rings (SSSR count). The summed E-state index contributed by atoms with van der Waals surface area (Å²) in [4.78, 5) is 13.5. The molecule has 2 aromatic rings. The fourth-order valence-corrected chi connectivity index (χ4v) is 6.05. The Labute approximate surface area is 211 Å². The van der Waals surface area contributed by atoms with Gasteiger partial charge in [0.2, 0.25) is 10.0 Å². The minimum atomic E-state index is -3.95. The van der Waals surface area contributed by atoms with Gasteiger partial charge < -0.3 is 14.9 Å². The molecule has 1 atom stereocenters. The largest absolute Gasteiger partial charge is 0.505 e. The zero-order valence-electron chi connectivity index (χ0n) is 21.6. The fourth-order valence-electron chi connectivity index (χ4n) is 3.69. The number of hydrogen-bond donors (Lipinski definition) is 3. The van der Waals surface area contributed by atoms with Crippen LogP contribution in [0, 0.1) is 5.92 Å². The van der Waals surface area contributed by atoms with Crippen LogP contribution >= 0.6 is 7.52 Å². The molecule has 1 aliphatic rings. The van der Waals surface area contributed by atoms with Crippen molar-refractivity contribution in [2.24, 2.45) is 10.7 Å². The van der Waals surface area contributed by atoms with Crippen molar-refractivity contribution in [2.75, 3.05) is 22.9 Å². The second kappa shape index (κ2) is 9.99. The van der Waals surface area contributed by atoms with E-state index >= 15 is 0 Å². The number of anilines is 2. The first-order valence-electron chi connectivity index (χ1n) is 11.6. The first-order chi connectivity index (χ1) is 16.6. The molecule has 1 aromatic carbocycles. The van der Waals surface area contributed by atoms with Crippen LogP contribution in [0.25, 0.3) is 0 Å². The number of aryl methyl sites for hydroxylation is 1. The van der Waals surface area contributed by atoms with Crippen molar-refractivity contribution >= 4 is 40.1 Å². The number of sulfonamides is 1. The first kappa shape index (κ1) is 27.9. The molecule has 0 saturated carbocycles. The zero-order valence-corrected chi connectivity index (χ0v) is 23.3. The molecule has 13 heteroatoms. The average Bonchev–Trinajstić information content (AvgIpc) is 2.71. The maximum atomic E-state index is 13.9. The quantitative estimate of drug-likeness (QED) is 0.432. The van der Waals surface area contributed by atoms with Gasteiger partial charge in [0.05, 0.1) is 23.9 Å². The highest BCUT2D eigenvalue weighted by Crippen LogP contribution is 2.52. The van der Waals surface area contributed by atoms with Gasteiger partial charge in [0.1, 0.15) is 11.3 Å². The lowest BCUT2D eigenvalue weighted by Crippen LogP contribution is -2.36. The summed E-state index contributed by atoms with van der Waals surface area (Å²) in [5.41, 5.74) is -0.520. The monoisotopic (exact) mass is 539 g/mol. The maximum absolute atomic E-state index is 13.9. The SMILES string of the molecule is CCOP1(=O)N=C(c2c(O)c(C(C)(C)C)nn(CCC(C)C)c2=O)Nc2ccc(NS(C)(=O)=O)cc21. The van der Waals surface area contributed by atoms with E-state index in [1.165, 1.54) is 22.9 Å². The summed E-state index contributed by atoms with van der Waals surface area (Å²) < 4.78 is 50.8. The van der Waals surface area contributed by atoms with Crippen LogP contribution < -0.4 is 20.9 Å². The molecule has 3 N–H and O–H groups in total. The Morgan fingerprint density at radius 3 is 2.50 bits per heavy atom. The van der Waals surface area contributed by atoms with Crippen LogP contribution in [-0.4, -0.2) is 42.0 Å². The van der Waals surface area contributed by atoms with Crippen LogP contribution in [-0.2, 0) is 31.1 Å². The van der Waals surface area contributed by atoms with Gasteiger partial charge in [-0.05, 0) is 37.5 Å². The van der Waals surface area contributed by atoms with E-state index in [4.69, 9.17) is 4.52 Å². The second-order valence-electron chi connectivity index (χ2n) is 10.2. The number of hydrogen-bond acceptors (Lipinski definition) is 8. The molecule has 0 fully saturated rings. The topological polar surface area (TPSA) is 152 Å². The van der Waals surface area contributed by atoms with Gasteiger partial charge in [-0.1, -0.05) is 34.6 Å². The third-order valence-corrected chi connectivity index (χ3v) is 8.05. The van der Waals surface area contributed by atoms with Crippen molar-refractivity contribution in [1.82, 2.24) is 9.78 Å². The third-order valence-electron chi connectivity index (χ3n) is 5.39. The minimum absolute atomic E-state index is 0.0470. The number of benzene rings is 1. The van der Waals surface area contributed by atoms with Crippen molar-refractivity contribution in [2.45, 2.75) is 59.9 Å². The van der Waals surface area contributed by atoms with E-state index in [2.05, 4.69) is 19.9 Å². The summed E-state index contributed by atoms with van der Waals surface area (Å²) in [5.74, 6) is -0.128. The van der Waals surface area contributed by atoms with Crippen molar-refractivity contribution in [3.05, 3.63) is 39.8 Å². The Morgan fingerprint density at radius 1 is 1.28 bits per heavy atom. The standard InChI is InChI=1S/C23H34N5O6PS/c1-8-34-35(31)17-13-15(27-36(7,32)33)9-10-16(17)24-21(26-35)18-19(29)20(23(4,5)6)25-28(22(18)30)12-11-14(2)3/h9-10,13-14,27,29H,8,11-12H2,1-7H3,(H,24,26,31). The molecular formula is C23H34N5O6PS. The van der Waals surface area contributed by atoms with Crippen molar-refractivity contribution in [3.8, 4) is 5.75 Å². The van der Waals surface area contributed by atoms with E-state index in [1.54, 1.807) is 6.92 Å². The summed E-state index contributed by atoms with van der Waals surface area (Å²) in [6.45, 7) is 11.7. The molecule has 198 valence electrons.